The quantitative estimate of drug-likeness (QED) is 0.313. The molecular formula is C28H36N2O4. The molecule has 0 saturated heterocycles. The zero-order valence-electron chi connectivity index (χ0n) is 20.5. The third-order valence-corrected chi connectivity index (χ3v) is 5.81. The smallest absolute Gasteiger partial charge is 0.119 e. The van der Waals surface area contributed by atoms with Gasteiger partial charge in [0.15, 0.2) is 0 Å². The van der Waals surface area contributed by atoms with Crippen molar-refractivity contribution in [2.24, 2.45) is 0 Å². The highest BCUT2D eigenvalue weighted by Gasteiger charge is 2.08. The van der Waals surface area contributed by atoms with Crippen LogP contribution in [-0.4, -0.2) is 48.7 Å². The molecule has 3 aromatic rings. The van der Waals surface area contributed by atoms with Crippen LogP contribution in [0.3, 0.4) is 0 Å². The van der Waals surface area contributed by atoms with Gasteiger partial charge in [-0.05, 0) is 98.5 Å². The highest BCUT2D eigenvalue weighted by molar-refractivity contribution is 5.49. The summed E-state index contributed by atoms with van der Waals surface area (Å²) in [6.07, 6.45) is -1.28. The van der Waals surface area contributed by atoms with Crippen molar-refractivity contribution < 1.29 is 19.7 Å². The van der Waals surface area contributed by atoms with E-state index in [1.54, 1.807) is 24.3 Å². The summed E-state index contributed by atoms with van der Waals surface area (Å²) < 4.78 is 11.4. The molecule has 0 heterocycles. The van der Waals surface area contributed by atoms with Crippen LogP contribution in [0.15, 0.2) is 60.7 Å². The van der Waals surface area contributed by atoms with E-state index in [9.17, 15) is 10.2 Å². The van der Waals surface area contributed by atoms with Gasteiger partial charge in [-0.1, -0.05) is 12.1 Å². The van der Waals surface area contributed by atoms with Gasteiger partial charge in [0.25, 0.3) is 0 Å². The standard InChI is InChI=1S/C28H36N2O4/c1-19-5-7-23(13-21(19)3)29-15-25(31)17-33-27-9-11-28(12-10-27)34-18-26(32)16-30-24-8-6-20(2)22(4)14-24/h5-14,25-26,29-32H,15-18H2,1-4H3/t25-,26-/m0/s1. The summed E-state index contributed by atoms with van der Waals surface area (Å²) in [6, 6.07) is 19.4. The van der Waals surface area contributed by atoms with Crippen LogP contribution in [0.5, 0.6) is 11.5 Å². The van der Waals surface area contributed by atoms with Crippen molar-refractivity contribution >= 4 is 11.4 Å². The minimum atomic E-state index is -0.641. The fourth-order valence-electron chi connectivity index (χ4n) is 3.31. The van der Waals surface area contributed by atoms with Gasteiger partial charge in [-0.25, -0.2) is 0 Å². The lowest BCUT2D eigenvalue weighted by Gasteiger charge is -2.16. The van der Waals surface area contributed by atoms with Crippen LogP contribution in [0.25, 0.3) is 0 Å². The van der Waals surface area contributed by atoms with Crippen LogP contribution in [0.4, 0.5) is 11.4 Å². The molecule has 0 unspecified atom stereocenters. The summed E-state index contributed by atoms with van der Waals surface area (Å²) >= 11 is 0. The second-order valence-electron chi connectivity index (χ2n) is 8.76. The van der Waals surface area contributed by atoms with E-state index in [0.717, 1.165) is 11.4 Å². The Hall–Kier alpha value is -3.22. The van der Waals surface area contributed by atoms with E-state index in [0.29, 0.717) is 24.6 Å². The second-order valence-corrected chi connectivity index (χ2v) is 8.76. The fraction of sp³-hybridized carbons (Fsp3) is 0.357. The van der Waals surface area contributed by atoms with Gasteiger partial charge in [0, 0.05) is 24.5 Å². The number of ether oxygens (including phenoxy) is 2. The Bertz CT molecular complexity index is 968. The molecule has 0 amide bonds. The topological polar surface area (TPSA) is 83.0 Å². The van der Waals surface area contributed by atoms with E-state index < -0.39 is 12.2 Å². The number of aryl methyl sites for hydroxylation is 4. The van der Waals surface area contributed by atoms with Gasteiger partial charge < -0.3 is 30.3 Å². The molecule has 2 atom stereocenters. The molecule has 0 aliphatic carbocycles. The summed E-state index contributed by atoms with van der Waals surface area (Å²) in [5.74, 6) is 1.30. The predicted octanol–water partition coefficient (Wildman–Crippen LogP) is 4.62. The normalized spacial score (nSPS) is 12.6. The lowest BCUT2D eigenvalue weighted by Crippen LogP contribution is -2.26. The van der Waals surface area contributed by atoms with Gasteiger partial charge in [-0.15, -0.1) is 0 Å². The van der Waals surface area contributed by atoms with Gasteiger partial charge in [0.05, 0.1) is 0 Å². The molecule has 34 heavy (non-hydrogen) atoms. The third-order valence-electron chi connectivity index (χ3n) is 5.81. The zero-order valence-corrected chi connectivity index (χ0v) is 20.5. The number of rotatable bonds is 12. The molecule has 3 aromatic carbocycles. The minimum absolute atomic E-state index is 0.181. The van der Waals surface area contributed by atoms with Gasteiger partial charge in [0.1, 0.15) is 36.9 Å². The molecule has 0 bridgehead atoms. The number of anilines is 2. The Kier molecular flexibility index (Phi) is 9.19. The van der Waals surface area contributed by atoms with Crippen LogP contribution >= 0.6 is 0 Å². The lowest BCUT2D eigenvalue weighted by molar-refractivity contribution is 0.115. The Morgan fingerprint density at radius 3 is 1.32 bits per heavy atom. The Morgan fingerprint density at radius 1 is 0.588 bits per heavy atom. The number of hydrogen-bond acceptors (Lipinski definition) is 6. The van der Waals surface area contributed by atoms with Gasteiger partial charge in [-0.3, -0.25) is 0 Å². The maximum atomic E-state index is 10.2. The lowest BCUT2D eigenvalue weighted by atomic mass is 10.1. The van der Waals surface area contributed by atoms with Crippen molar-refractivity contribution in [1.29, 1.82) is 0 Å². The van der Waals surface area contributed by atoms with E-state index in [-0.39, 0.29) is 13.2 Å². The van der Waals surface area contributed by atoms with E-state index >= 15 is 0 Å². The number of hydrogen-bond donors (Lipinski definition) is 4. The summed E-state index contributed by atoms with van der Waals surface area (Å²) in [5.41, 5.74) is 6.87. The summed E-state index contributed by atoms with van der Waals surface area (Å²) in [6.45, 7) is 9.45. The van der Waals surface area contributed by atoms with Crippen LogP contribution in [0.2, 0.25) is 0 Å². The largest absolute Gasteiger partial charge is 0.491 e. The summed E-state index contributed by atoms with van der Waals surface area (Å²) in [7, 11) is 0. The maximum absolute atomic E-state index is 10.2. The van der Waals surface area contributed by atoms with Gasteiger partial charge in [-0.2, -0.15) is 0 Å². The molecule has 0 aromatic heterocycles. The van der Waals surface area contributed by atoms with E-state index in [2.05, 4.69) is 62.6 Å². The number of benzene rings is 3. The van der Waals surface area contributed by atoms with E-state index in [1.807, 2.05) is 12.1 Å². The molecule has 6 heteroatoms. The molecule has 0 fully saturated rings. The number of aliphatic hydroxyl groups is 2. The highest BCUT2D eigenvalue weighted by Crippen LogP contribution is 2.19. The maximum Gasteiger partial charge on any atom is 0.119 e. The van der Waals surface area contributed by atoms with Gasteiger partial charge in [0.2, 0.25) is 0 Å². The molecule has 6 nitrogen and oxygen atoms in total. The van der Waals surface area contributed by atoms with Crippen LogP contribution in [0.1, 0.15) is 22.3 Å². The highest BCUT2D eigenvalue weighted by atomic mass is 16.5. The van der Waals surface area contributed by atoms with Crippen molar-refractivity contribution in [3.63, 3.8) is 0 Å². The van der Waals surface area contributed by atoms with Crippen LogP contribution in [-0.2, 0) is 0 Å². The molecule has 182 valence electrons. The Labute approximate surface area is 202 Å². The monoisotopic (exact) mass is 464 g/mol. The summed E-state index contributed by atoms with van der Waals surface area (Å²) in [4.78, 5) is 0. The first-order chi connectivity index (χ1) is 16.3. The first-order valence-corrected chi connectivity index (χ1v) is 11.6. The van der Waals surface area contributed by atoms with Crippen molar-refractivity contribution in [2.75, 3.05) is 36.9 Å². The molecule has 0 radical (unpaired) electrons. The first-order valence-electron chi connectivity index (χ1n) is 11.6. The molecule has 0 aliphatic rings. The number of nitrogens with one attached hydrogen (secondary N) is 2. The third kappa shape index (κ3) is 7.97. The summed E-state index contributed by atoms with van der Waals surface area (Å²) in [5, 5.41) is 26.9. The van der Waals surface area contributed by atoms with Gasteiger partial charge >= 0.3 is 0 Å². The van der Waals surface area contributed by atoms with E-state index in [1.165, 1.54) is 22.3 Å². The van der Waals surface area contributed by atoms with Crippen molar-refractivity contribution in [3.8, 4) is 11.5 Å². The average molecular weight is 465 g/mol. The second kappa shape index (κ2) is 12.3. The molecule has 0 saturated carbocycles. The molecule has 4 N–H and O–H groups in total. The van der Waals surface area contributed by atoms with Crippen molar-refractivity contribution in [2.45, 2.75) is 39.9 Å². The van der Waals surface area contributed by atoms with Crippen molar-refractivity contribution in [3.05, 3.63) is 82.9 Å². The minimum Gasteiger partial charge on any atom is -0.491 e. The Balaban J connectivity index is 1.35. The fourth-order valence-corrected chi connectivity index (χ4v) is 3.31. The zero-order chi connectivity index (χ0) is 24.5. The van der Waals surface area contributed by atoms with Crippen LogP contribution in [0, 0.1) is 27.7 Å². The van der Waals surface area contributed by atoms with E-state index in [4.69, 9.17) is 9.47 Å². The first kappa shape index (κ1) is 25.4. The molecule has 3 rings (SSSR count). The molecular weight excluding hydrogens is 428 g/mol. The van der Waals surface area contributed by atoms with Crippen LogP contribution < -0.4 is 20.1 Å². The SMILES string of the molecule is Cc1ccc(NC[C@H](O)COc2ccc(OC[C@@H](O)CNc3ccc(C)c(C)c3)cc2)cc1C. The predicted molar refractivity (Wildman–Crippen MR) is 138 cm³/mol. The Morgan fingerprint density at radius 2 is 0.971 bits per heavy atom. The molecule has 0 spiro atoms. The van der Waals surface area contributed by atoms with Crippen molar-refractivity contribution in [1.82, 2.24) is 0 Å². The number of aliphatic hydroxyl groups excluding tert-OH is 2. The average Bonchev–Trinajstić information content (AvgIpc) is 2.83. The molecule has 0 aliphatic heterocycles.